The fourth-order valence-electron chi connectivity index (χ4n) is 2.29. The highest BCUT2D eigenvalue weighted by Gasteiger charge is 2.04. The minimum absolute atomic E-state index is 0.216. The molecule has 5 heteroatoms. The van der Waals surface area contributed by atoms with Crippen LogP contribution in [0.2, 0.25) is 0 Å². The van der Waals surface area contributed by atoms with E-state index in [4.69, 9.17) is 0 Å². The maximum atomic E-state index is 12.0. The monoisotopic (exact) mass is 290 g/mol. The predicted octanol–water partition coefficient (Wildman–Crippen LogP) is 3.49. The van der Waals surface area contributed by atoms with E-state index in [1.165, 1.54) is 5.56 Å². The second-order valence-electron chi connectivity index (χ2n) is 5.24. The van der Waals surface area contributed by atoms with Crippen LogP contribution in [0, 0.1) is 13.8 Å². The highest BCUT2D eigenvalue weighted by atomic mass is 19.1. The van der Waals surface area contributed by atoms with Gasteiger partial charge in [-0.25, -0.2) is 9.67 Å². The van der Waals surface area contributed by atoms with Gasteiger partial charge in [0.15, 0.2) is 0 Å². The third-order valence-electron chi connectivity index (χ3n) is 3.36. The van der Waals surface area contributed by atoms with E-state index in [0.29, 0.717) is 6.42 Å². The van der Waals surface area contributed by atoms with Crippen molar-refractivity contribution in [3.8, 4) is 0 Å². The van der Waals surface area contributed by atoms with Crippen molar-refractivity contribution < 1.29 is 4.39 Å². The van der Waals surface area contributed by atoms with E-state index < -0.39 is 0 Å². The Labute approximate surface area is 125 Å². The van der Waals surface area contributed by atoms with Crippen molar-refractivity contribution in [2.75, 3.05) is 18.5 Å². The fourth-order valence-corrected chi connectivity index (χ4v) is 2.29. The number of halogens is 1. The van der Waals surface area contributed by atoms with Crippen LogP contribution in [0.1, 0.15) is 36.5 Å². The van der Waals surface area contributed by atoms with Gasteiger partial charge in [-0.05, 0) is 50.8 Å². The Kier molecular flexibility index (Phi) is 5.72. The molecule has 0 aliphatic carbocycles. The molecule has 1 aromatic carbocycles. The Morgan fingerprint density at radius 3 is 2.76 bits per heavy atom. The van der Waals surface area contributed by atoms with E-state index in [2.05, 4.69) is 33.6 Å². The van der Waals surface area contributed by atoms with Crippen molar-refractivity contribution in [3.05, 3.63) is 41.5 Å². The van der Waals surface area contributed by atoms with Crippen molar-refractivity contribution in [2.45, 2.75) is 39.7 Å². The number of hydrogen-bond donors (Lipinski definition) is 1. The number of alkyl halides is 1. The summed E-state index contributed by atoms with van der Waals surface area (Å²) in [5.74, 6) is 1.73. The molecule has 2 aromatic rings. The van der Waals surface area contributed by atoms with Crippen LogP contribution in [-0.4, -0.2) is 28.0 Å². The van der Waals surface area contributed by atoms with Gasteiger partial charge in [0.2, 0.25) is 0 Å². The topological polar surface area (TPSA) is 42.7 Å². The van der Waals surface area contributed by atoms with Gasteiger partial charge in [-0.15, -0.1) is 0 Å². The van der Waals surface area contributed by atoms with Crippen LogP contribution in [0.3, 0.4) is 0 Å². The molecule has 0 saturated heterocycles. The first-order valence-electron chi connectivity index (χ1n) is 7.46. The van der Waals surface area contributed by atoms with Gasteiger partial charge >= 0.3 is 0 Å². The molecule has 2 rings (SSSR count). The number of unbranched alkanes of at least 4 members (excludes halogenated alkanes) is 2. The number of aryl methyl sites for hydroxylation is 2. The first kappa shape index (κ1) is 15.5. The van der Waals surface area contributed by atoms with Crippen LogP contribution in [0.15, 0.2) is 24.3 Å². The Morgan fingerprint density at radius 2 is 2.05 bits per heavy atom. The van der Waals surface area contributed by atoms with Crippen molar-refractivity contribution in [3.63, 3.8) is 0 Å². The first-order chi connectivity index (χ1) is 10.2. The van der Waals surface area contributed by atoms with Crippen molar-refractivity contribution in [1.29, 1.82) is 0 Å². The molecule has 0 amide bonds. The summed E-state index contributed by atoms with van der Waals surface area (Å²) in [5, 5.41) is 7.76. The molecular formula is C16H23FN4. The number of benzene rings is 1. The zero-order chi connectivity index (χ0) is 15.1. The third kappa shape index (κ3) is 4.85. The summed E-state index contributed by atoms with van der Waals surface area (Å²) < 4.78 is 13.9. The van der Waals surface area contributed by atoms with Crippen LogP contribution < -0.4 is 5.32 Å². The molecule has 0 spiro atoms. The summed E-state index contributed by atoms with van der Waals surface area (Å²) in [4.78, 5) is 4.31. The zero-order valence-corrected chi connectivity index (χ0v) is 12.8. The number of hydrogen-bond acceptors (Lipinski definition) is 3. The number of aromatic nitrogens is 3. The molecular weight excluding hydrogens is 267 g/mol. The van der Waals surface area contributed by atoms with Gasteiger partial charge in [-0.3, -0.25) is 4.39 Å². The van der Waals surface area contributed by atoms with E-state index in [0.717, 1.165) is 43.3 Å². The molecule has 0 radical (unpaired) electrons. The lowest BCUT2D eigenvalue weighted by atomic mass is 10.2. The lowest BCUT2D eigenvalue weighted by Crippen LogP contribution is -2.06. The third-order valence-corrected chi connectivity index (χ3v) is 3.36. The minimum Gasteiger partial charge on any atom is -0.385 e. The van der Waals surface area contributed by atoms with Crippen molar-refractivity contribution in [2.24, 2.45) is 0 Å². The minimum atomic E-state index is -0.216. The van der Waals surface area contributed by atoms with Crippen LogP contribution in [0.5, 0.6) is 0 Å². The van der Waals surface area contributed by atoms with E-state index >= 15 is 0 Å². The molecule has 0 fully saturated rings. The number of nitrogens with zero attached hydrogens (tertiary/aromatic N) is 3. The average Bonchev–Trinajstić information content (AvgIpc) is 2.77. The fraction of sp³-hybridized carbons (Fsp3) is 0.500. The maximum absolute atomic E-state index is 12.0. The molecule has 114 valence electrons. The molecule has 0 bridgehead atoms. The molecule has 1 aromatic heterocycles. The molecule has 4 nitrogen and oxygen atoms in total. The normalized spacial score (nSPS) is 10.8. The van der Waals surface area contributed by atoms with Crippen molar-refractivity contribution in [1.82, 2.24) is 14.8 Å². The highest BCUT2D eigenvalue weighted by Crippen LogP contribution is 2.13. The molecule has 1 N–H and O–H groups in total. The maximum Gasteiger partial charge on any atom is 0.147 e. The van der Waals surface area contributed by atoms with Gasteiger partial charge in [-0.2, -0.15) is 5.10 Å². The van der Waals surface area contributed by atoms with Crippen LogP contribution in [0.4, 0.5) is 10.1 Å². The molecule has 0 aliphatic rings. The number of nitrogens with one attached hydrogen (secondary N) is 1. The van der Waals surface area contributed by atoms with Crippen LogP contribution >= 0.6 is 0 Å². The Morgan fingerprint density at radius 1 is 1.19 bits per heavy atom. The van der Waals surface area contributed by atoms with E-state index in [1.807, 2.05) is 24.6 Å². The molecule has 0 unspecified atom stereocenters. The second kappa shape index (κ2) is 7.76. The van der Waals surface area contributed by atoms with E-state index in [9.17, 15) is 4.39 Å². The van der Waals surface area contributed by atoms with Gasteiger partial charge in [-0.1, -0.05) is 12.1 Å². The molecule has 21 heavy (non-hydrogen) atoms. The van der Waals surface area contributed by atoms with E-state index in [-0.39, 0.29) is 6.67 Å². The van der Waals surface area contributed by atoms with Crippen LogP contribution in [0.25, 0.3) is 0 Å². The number of anilines is 1. The summed E-state index contributed by atoms with van der Waals surface area (Å²) in [5.41, 5.74) is 2.29. The lowest BCUT2D eigenvalue weighted by Gasteiger charge is -2.09. The predicted molar refractivity (Wildman–Crippen MR) is 83.4 cm³/mol. The highest BCUT2D eigenvalue weighted by molar-refractivity contribution is 5.45. The SMILES string of the molecule is Cc1nc(C)n(Cc2cccc(NCCCCCF)c2)n1. The smallest absolute Gasteiger partial charge is 0.147 e. The Hall–Kier alpha value is -1.91. The number of rotatable bonds is 8. The first-order valence-corrected chi connectivity index (χ1v) is 7.46. The van der Waals surface area contributed by atoms with Gasteiger partial charge < -0.3 is 5.32 Å². The second-order valence-corrected chi connectivity index (χ2v) is 5.24. The summed E-state index contributed by atoms with van der Waals surface area (Å²) in [6.45, 7) is 5.26. The summed E-state index contributed by atoms with van der Waals surface area (Å²) in [6, 6.07) is 8.31. The standard InChI is InChI=1S/C16H23FN4/c1-13-19-14(2)21(20-13)12-15-7-6-8-16(11-15)18-10-5-3-4-9-17/h6-8,11,18H,3-5,9-10,12H2,1-2H3. The summed E-state index contributed by atoms with van der Waals surface area (Å²) >= 11 is 0. The van der Waals surface area contributed by atoms with Crippen molar-refractivity contribution >= 4 is 5.69 Å². The molecule has 1 heterocycles. The lowest BCUT2D eigenvalue weighted by molar-refractivity contribution is 0.458. The molecule has 0 aliphatic heterocycles. The largest absolute Gasteiger partial charge is 0.385 e. The quantitative estimate of drug-likeness (QED) is 0.757. The Balaban J connectivity index is 1.90. The van der Waals surface area contributed by atoms with Crippen LogP contribution in [-0.2, 0) is 6.54 Å². The van der Waals surface area contributed by atoms with Gasteiger partial charge in [0.25, 0.3) is 0 Å². The molecule has 0 atom stereocenters. The zero-order valence-electron chi connectivity index (χ0n) is 12.8. The average molecular weight is 290 g/mol. The van der Waals surface area contributed by atoms with Gasteiger partial charge in [0.05, 0.1) is 13.2 Å². The van der Waals surface area contributed by atoms with E-state index in [1.54, 1.807) is 0 Å². The molecule has 0 saturated carbocycles. The van der Waals surface area contributed by atoms with Gasteiger partial charge in [0.1, 0.15) is 11.6 Å². The summed E-state index contributed by atoms with van der Waals surface area (Å²) in [7, 11) is 0. The summed E-state index contributed by atoms with van der Waals surface area (Å²) in [6.07, 6.45) is 2.59. The Bertz CT molecular complexity index is 565. The van der Waals surface area contributed by atoms with Gasteiger partial charge in [0, 0.05) is 12.2 Å².